The maximum Gasteiger partial charge on any atom is -0.0207 e. The van der Waals surface area contributed by atoms with E-state index < -0.39 is 0 Å². The van der Waals surface area contributed by atoms with Crippen LogP contribution in [-0.4, -0.2) is 17.5 Å². The van der Waals surface area contributed by atoms with E-state index in [0.29, 0.717) is 7.92 Å². The molecule has 0 saturated heterocycles. The van der Waals surface area contributed by atoms with E-state index in [1.165, 1.54) is 25.4 Å². The van der Waals surface area contributed by atoms with Crippen molar-refractivity contribution in [3.05, 3.63) is 0 Å². The molecule has 0 aromatic rings. The summed E-state index contributed by atoms with van der Waals surface area (Å²) in [7, 11) is 0.379. The molecule has 1 fully saturated rings. The van der Waals surface area contributed by atoms with E-state index in [1.807, 2.05) is 0 Å². The van der Waals surface area contributed by atoms with E-state index in [0.717, 1.165) is 11.3 Å². The van der Waals surface area contributed by atoms with Crippen LogP contribution in [0.5, 0.6) is 0 Å². The van der Waals surface area contributed by atoms with Crippen LogP contribution < -0.4 is 0 Å². The van der Waals surface area contributed by atoms with Crippen LogP contribution in [0.2, 0.25) is 0 Å². The molecule has 1 aliphatic rings. The molecule has 0 aromatic heterocycles. The van der Waals surface area contributed by atoms with Gasteiger partial charge in [0.1, 0.15) is 0 Å². The molecule has 0 heterocycles. The number of rotatable bonds is 4. The summed E-state index contributed by atoms with van der Waals surface area (Å²) in [4.78, 5) is 0. The Bertz CT molecular complexity index is 114. The lowest BCUT2D eigenvalue weighted by Crippen LogP contribution is -2.09. The van der Waals surface area contributed by atoms with Gasteiger partial charge in [0.2, 0.25) is 0 Å². The highest BCUT2D eigenvalue weighted by atomic mass is 31.1. The maximum absolute atomic E-state index is 2.43. The minimum absolute atomic E-state index is 0.379. The average molecular weight is 186 g/mol. The lowest BCUT2D eigenvalue weighted by Gasteiger charge is -2.27. The average Bonchev–Trinajstić information content (AvgIpc) is 2.51. The summed E-state index contributed by atoms with van der Waals surface area (Å²) in [5, 5.41) is 0. The SMILES string of the molecule is CCCP(C(C)C)C1CCCC1. The van der Waals surface area contributed by atoms with E-state index >= 15 is 0 Å². The standard InChI is InChI=1S/C11H23P/c1-4-9-12(10(2)3)11-7-5-6-8-11/h10-11H,4-9H2,1-3H3. The smallest absolute Gasteiger partial charge is 0.0207 e. The first-order valence-corrected chi connectivity index (χ1v) is 7.18. The van der Waals surface area contributed by atoms with Gasteiger partial charge in [-0.1, -0.05) is 40.0 Å². The highest BCUT2D eigenvalue weighted by Gasteiger charge is 2.25. The summed E-state index contributed by atoms with van der Waals surface area (Å²) in [6.07, 6.45) is 9.05. The van der Waals surface area contributed by atoms with Gasteiger partial charge in [-0.25, -0.2) is 0 Å². The molecule has 12 heavy (non-hydrogen) atoms. The summed E-state index contributed by atoms with van der Waals surface area (Å²) in [5.74, 6) is 0. The van der Waals surface area contributed by atoms with Gasteiger partial charge in [0.15, 0.2) is 0 Å². The van der Waals surface area contributed by atoms with Crippen LogP contribution in [0.3, 0.4) is 0 Å². The molecule has 72 valence electrons. The first-order valence-electron chi connectivity index (χ1n) is 5.51. The van der Waals surface area contributed by atoms with Gasteiger partial charge >= 0.3 is 0 Å². The summed E-state index contributed by atoms with van der Waals surface area (Å²) >= 11 is 0. The van der Waals surface area contributed by atoms with Crippen LogP contribution in [0.15, 0.2) is 0 Å². The second-order valence-electron chi connectivity index (χ2n) is 4.27. The van der Waals surface area contributed by atoms with Crippen molar-refractivity contribution in [2.24, 2.45) is 0 Å². The monoisotopic (exact) mass is 186 g/mol. The van der Waals surface area contributed by atoms with Crippen LogP contribution in [0.4, 0.5) is 0 Å². The quantitative estimate of drug-likeness (QED) is 0.576. The molecule has 0 aliphatic heterocycles. The fourth-order valence-electron chi connectivity index (χ4n) is 2.36. The molecule has 0 amide bonds. The van der Waals surface area contributed by atoms with E-state index in [9.17, 15) is 0 Å². The fourth-order valence-corrected chi connectivity index (χ4v) is 5.63. The maximum atomic E-state index is 2.43. The summed E-state index contributed by atoms with van der Waals surface area (Å²) in [6.45, 7) is 7.20. The van der Waals surface area contributed by atoms with Crippen LogP contribution in [-0.2, 0) is 0 Å². The molecule has 1 unspecified atom stereocenters. The second kappa shape index (κ2) is 5.22. The van der Waals surface area contributed by atoms with Crippen LogP contribution in [0, 0.1) is 0 Å². The Hall–Kier alpha value is 0.430. The summed E-state index contributed by atoms with van der Waals surface area (Å²) in [6, 6.07) is 0. The van der Waals surface area contributed by atoms with E-state index in [4.69, 9.17) is 0 Å². The van der Waals surface area contributed by atoms with Crippen LogP contribution >= 0.6 is 7.92 Å². The third-order valence-corrected chi connectivity index (χ3v) is 6.68. The second-order valence-corrected chi connectivity index (χ2v) is 7.51. The van der Waals surface area contributed by atoms with Crippen molar-refractivity contribution in [3.63, 3.8) is 0 Å². The highest BCUT2D eigenvalue weighted by molar-refractivity contribution is 7.59. The van der Waals surface area contributed by atoms with E-state index in [2.05, 4.69) is 20.8 Å². The minimum Gasteiger partial charge on any atom is -0.101 e. The van der Waals surface area contributed by atoms with Crippen molar-refractivity contribution in [3.8, 4) is 0 Å². The van der Waals surface area contributed by atoms with Gasteiger partial charge in [0.25, 0.3) is 0 Å². The fraction of sp³-hybridized carbons (Fsp3) is 1.00. The molecule has 0 radical (unpaired) electrons. The molecule has 0 bridgehead atoms. The number of hydrogen-bond donors (Lipinski definition) is 0. The predicted octanol–water partition coefficient (Wildman–Crippen LogP) is 4.23. The largest absolute Gasteiger partial charge is 0.101 e. The van der Waals surface area contributed by atoms with Gasteiger partial charge in [-0.15, -0.1) is 7.92 Å². The van der Waals surface area contributed by atoms with Crippen molar-refractivity contribution in [2.45, 2.75) is 64.2 Å². The van der Waals surface area contributed by atoms with E-state index in [-0.39, 0.29) is 0 Å². The molecule has 1 aliphatic carbocycles. The van der Waals surface area contributed by atoms with Crippen LogP contribution in [0.1, 0.15) is 52.9 Å². The molecule has 0 aromatic carbocycles. The molecule has 1 saturated carbocycles. The van der Waals surface area contributed by atoms with Crippen molar-refractivity contribution in [1.82, 2.24) is 0 Å². The normalized spacial score (nSPS) is 22.0. The zero-order valence-corrected chi connectivity index (χ0v) is 9.74. The lowest BCUT2D eigenvalue weighted by atomic mass is 10.4. The van der Waals surface area contributed by atoms with Gasteiger partial charge in [-0.3, -0.25) is 0 Å². The van der Waals surface area contributed by atoms with Gasteiger partial charge in [-0.2, -0.15) is 0 Å². The molecule has 0 N–H and O–H groups in total. The third-order valence-electron chi connectivity index (χ3n) is 2.94. The third kappa shape index (κ3) is 2.73. The van der Waals surface area contributed by atoms with Gasteiger partial charge in [-0.05, 0) is 30.3 Å². The van der Waals surface area contributed by atoms with Crippen molar-refractivity contribution >= 4 is 7.92 Å². The molecule has 1 heteroatoms. The van der Waals surface area contributed by atoms with Crippen molar-refractivity contribution in [1.29, 1.82) is 0 Å². The Balaban J connectivity index is 2.40. The molecule has 0 spiro atoms. The van der Waals surface area contributed by atoms with Crippen molar-refractivity contribution in [2.75, 3.05) is 6.16 Å². The summed E-state index contributed by atoms with van der Waals surface area (Å²) < 4.78 is 0. The number of hydrogen-bond acceptors (Lipinski definition) is 0. The van der Waals surface area contributed by atoms with Gasteiger partial charge in [0, 0.05) is 0 Å². The Kier molecular flexibility index (Phi) is 4.57. The molecular weight excluding hydrogens is 163 g/mol. The highest BCUT2D eigenvalue weighted by Crippen LogP contribution is 2.52. The Morgan fingerprint density at radius 1 is 1.25 bits per heavy atom. The Morgan fingerprint density at radius 3 is 2.25 bits per heavy atom. The molecule has 1 atom stereocenters. The Labute approximate surface area is 78.9 Å². The van der Waals surface area contributed by atoms with Gasteiger partial charge in [0.05, 0.1) is 0 Å². The Morgan fingerprint density at radius 2 is 1.83 bits per heavy atom. The minimum atomic E-state index is 0.379. The van der Waals surface area contributed by atoms with Crippen LogP contribution in [0.25, 0.3) is 0 Å². The molecular formula is C11H23P. The molecule has 1 rings (SSSR count). The van der Waals surface area contributed by atoms with Crippen molar-refractivity contribution < 1.29 is 0 Å². The van der Waals surface area contributed by atoms with E-state index in [1.54, 1.807) is 12.8 Å². The molecule has 0 nitrogen and oxygen atoms in total. The first kappa shape index (κ1) is 10.5. The summed E-state index contributed by atoms with van der Waals surface area (Å²) in [5.41, 5.74) is 2.11. The first-order chi connectivity index (χ1) is 5.75. The topological polar surface area (TPSA) is 0 Å². The lowest BCUT2D eigenvalue weighted by molar-refractivity contribution is 0.861. The zero-order chi connectivity index (χ0) is 8.97. The zero-order valence-electron chi connectivity index (χ0n) is 8.84. The van der Waals surface area contributed by atoms with Gasteiger partial charge < -0.3 is 0 Å². The predicted molar refractivity (Wildman–Crippen MR) is 59.5 cm³/mol.